The number of rotatable bonds is 5. The Bertz CT molecular complexity index is 635. The molecule has 0 radical (unpaired) electrons. The van der Waals surface area contributed by atoms with E-state index in [9.17, 15) is 13.2 Å². The van der Waals surface area contributed by atoms with Crippen LogP contribution in [0, 0.1) is 11.3 Å². The van der Waals surface area contributed by atoms with Crippen LogP contribution in [0.25, 0.3) is 0 Å². The number of nitrogens with zero attached hydrogens (tertiary/aromatic N) is 1. The fourth-order valence-corrected chi connectivity index (χ4v) is 3.23. The summed E-state index contributed by atoms with van der Waals surface area (Å²) in [5.74, 6) is -0.214. The second-order valence-corrected chi connectivity index (χ2v) is 6.01. The molecule has 102 valence electrons. The van der Waals surface area contributed by atoms with E-state index in [4.69, 9.17) is 16.9 Å². The zero-order valence-electron chi connectivity index (χ0n) is 10.5. The molecule has 0 aromatic heterocycles. The average molecular weight is 301 g/mol. The first-order valence-electron chi connectivity index (χ1n) is 5.56. The summed E-state index contributed by atoms with van der Waals surface area (Å²) in [6, 6.07) is 4.91. The highest BCUT2D eigenvalue weighted by Gasteiger charge is 2.23. The summed E-state index contributed by atoms with van der Waals surface area (Å²) in [6.45, 7) is 3.13. The van der Waals surface area contributed by atoms with Gasteiger partial charge in [0.25, 0.3) is 0 Å². The van der Waals surface area contributed by atoms with Gasteiger partial charge >= 0.3 is 0 Å². The molecular formula is C12H13ClN2O3S. The first-order valence-corrected chi connectivity index (χ1v) is 7.42. The van der Waals surface area contributed by atoms with Gasteiger partial charge in [-0.05, 0) is 25.1 Å². The number of halogens is 1. The second-order valence-electron chi connectivity index (χ2n) is 3.92. The summed E-state index contributed by atoms with van der Waals surface area (Å²) in [6.07, 6.45) is 0.241. The van der Waals surface area contributed by atoms with Crippen LogP contribution in [0.4, 0.5) is 0 Å². The molecule has 19 heavy (non-hydrogen) atoms. The molecule has 0 spiro atoms. The minimum Gasteiger partial charge on any atom is -0.298 e. The fourth-order valence-electron chi connectivity index (χ4n) is 1.46. The Balaban J connectivity index is 3.08. The Morgan fingerprint density at radius 2 is 2.16 bits per heavy atom. The van der Waals surface area contributed by atoms with Crippen LogP contribution in [0.5, 0.6) is 0 Å². The number of carbonyl (C=O) groups is 1. The normalized spacial score (nSPS) is 12.7. The average Bonchev–Trinajstić information content (AvgIpc) is 2.36. The zero-order valence-corrected chi connectivity index (χ0v) is 12.0. The molecule has 0 heterocycles. The number of ketones is 1. The van der Waals surface area contributed by atoms with E-state index >= 15 is 0 Å². The number of hydrogen-bond donors (Lipinski definition) is 1. The van der Waals surface area contributed by atoms with Crippen LogP contribution in [-0.2, 0) is 14.8 Å². The first-order chi connectivity index (χ1) is 8.81. The van der Waals surface area contributed by atoms with Crippen molar-refractivity contribution < 1.29 is 13.2 Å². The van der Waals surface area contributed by atoms with Gasteiger partial charge in [-0.2, -0.15) is 5.26 Å². The number of nitriles is 1. The molecule has 1 unspecified atom stereocenters. The van der Waals surface area contributed by atoms with Crippen molar-refractivity contribution in [3.05, 3.63) is 28.8 Å². The number of carbonyl (C=O) groups excluding carboxylic acids is 1. The molecule has 1 atom stereocenters. The maximum absolute atomic E-state index is 12.1. The molecule has 0 aliphatic carbocycles. The van der Waals surface area contributed by atoms with Gasteiger partial charge in [0, 0.05) is 6.42 Å². The van der Waals surface area contributed by atoms with Crippen molar-refractivity contribution in [2.75, 3.05) is 0 Å². The molecule has 5 nitrogen and oxygen atoms in total. The van der Waals surface area contributed by atoms with E-state index in [2.05, 4.69) is 4.72 Å². The predicted octanol–water partition coefficient (Wildman–Crippen LogP) is 1.86. The molecule has 0 aliphatic heterocycles. The molecule has 1 rings (SSSR count). The Morgan fingerprint density at radius 3 is 2.63 bits per heavy atom. The smallest absolute Gasteiger partial charge is 0.242 e. The van der Waals surface area contributed by atoms with E-state index in [-0.39, 0.29) is 27.7 Å². The van der Waals surface area contributed by atoms with Crippen LogP contribution in [0.15, 0.2) is 23.1 Å². The number of Topliss-reactive ketones (excluding diaryl/α,β-unsaturated/α-hetero) is 1. The van der Waals surface area contributed by atoms with Crippen LogP contribution in [0.1, 0.15) is 25.8 Å². The summed E-state index contributed by atoms with van der Waals surface area (Å²) in [5.41, 5.74) is 0.265. The molecular weight excluding hydrogens is 288 g/mol. The number of benzene rings is 1. The molecule has 0 fully saturated rings. The Kier molecular flexibility index (Phi) is 5.06. The van der Waals surface area contributed by atoms with Crippen molar-refractivity contribution in [2.24, 2.45) is 0 Å². The van der Waals surface area contributed by atoms with E-state index in [1.165, 1.54) is 25.1 Å². The van der Waals surface area contributed by atoms with Gasteiger partial charge in [0.15, 0.2) is 0 Å². The van der Waals surface area contributed by atoms with E-state index in [0.29, 0.717) is 0 Å². The van der Waals surface area contributed by atoms with Crippen LogP contribution in [-0.4, -0.2) is 20.2 Å². The maximum Gasteiger partial charge on any atom is 0.242 e. The Labute approximate surface area is 117 Å². The standard InChI is InChI=1S/C12H13ClN2O3S/c1-3-11(16)8(2)15-19(17,18)12-5-4-9(7-14)6-10(12)13/h4-6,8,15H,3H2,1-2H3. The minimum atomic E-state index is -3.88. The van der Waals surface area contributed by atoms with Gasteiger partial charge < -0.3 is 0 Å². The van der Waals surface area contributed by atoms with Gasteiger partial charge in [-0.25, -0.2) is 13.1 Å². The molecule has 0 saturated carbocycles. The predicted molar refractivity (Wildman–Crippen MR) is 71.2 cm³/mol. The summed E-state index contributed by atoms with van der Waals surface area (Å²) < 4.78 is 26.4. The van der Waals surface area contributed by atoms with Gasteiger partial charge in [0.05, 0.1) is 22.7 Å². The molecule has 1 N–H and O–H groups in total. The van der Waals surface area contributed by atoms with Crippen molar-refractivity contribution in [1.82, 2.24) is 4.72 Å². The molecule has 0 aliphatic rings. The Morgan fingerprint density at radius 1 is 1.53 bits per heavy atom. The van der Waals surface area contributed by atoms with Crippen LogP contribution in [0.2, 0.25) is 5.02 Å². The molecule has 0 saturated heterocycles. The van der Waals surface area contributed by atoms with Crippen molar-refractivity contribution in [1.29, 1.82) is 5.26 Å². The molecule has 0 bridgehead atoms. The third-order valence-electron chi connectivity index (χ3n) is 2.51. The van der Waals surface area contributed by atoms with Crippen LogP contribution >= 0.6 is 11.6 Å². The second kappa shape index (κ2) is 6.15. The number of hydrogen-bond acceptors (Lipinski definition) is 4. The lowest BCUT2D eigenvalue weighted by atomic mass is 10.2. The van der Waals surface area contributed by atoms with E-state index < -0.39 is 16.1 Å². The maximum atomic E-state index is 12.1. The molecule has 1 aromatic carbocycles. The third-order valence-corrected chi connectivity index (χ3v) is 4.54. The highest BCUT2D eigenvalue weighted by atomic mass is 35.5. The fraction of sp³-hybridized carbons (Fsp3) is 0.333. The van der Waals surface area contributed by atoms with Gasteiger partial charge in [-0.1, -0.05) is 18.5 Å². The third kappa shape index (κ3) is 3.77. The zero-order chi connectivity index (χ0) is 14.6. The highest BCUT2D eigenvalue weighted by Crippen LogP contribution is 2.22. The summed E-state index contributed by atoms with van der Waals surface area (Å²) in [4.78, 5) is 11.3. The monoisotopic (exact) mass is 300 g/mol. The van der Waals surface area contributed by atoms with E-state index in [1.54, 1.807) is 6.92 Å². The minimum absolute atomic E-state index is 0.0531. The lowest BCUT2D eigenvalue weighted by molar-refractivity contribution is -0.119. The summed E-state index contributed by atoms with van der Waals surface area (Å²) in [5, 5.41) is 8.63. The van der Waals surface area contributed by atoms with Crippen molar-refractivity contribution in [3.8, 4) is 6.07 Å². The van der Waals surface area contributed by atoms with E-state index in [0.717, 1.165) is 0 Å². The van der Waals surface area contributed by atoms with E-state index in [1.807, 2.05) is 6.07 Å². The van der Waals surface area contributed by atoms with Gasteiger partial charge in [0.1, 0.15) is 10.7 Å². The Hall–Kier alpha value is -1.42. The quantitative estimate of drug-likeness (QED) is 0.899. The van der Waals surface area contributed by atoms with Crippen molar-refractivity contribution in [3.63, 3.8) is 0 Å². The lowest BCUT2D eigenvalue weighted by Gasteiger charge is -2.13. The van der Waals surface area contributed by atoms with Crippen molar-refractivity contribution >= 4 is 27.4 Å². The van der Waals surface area contributed by atoms with Gasteiger partial charge in [0.2, 0.25) is 10.0 Å². The van der Waals surface area contributed by atoms with Gasteiger partial charge in [-0.3, -0.25) is 4.79 Å². The molecule has 1 aromatic rings. The first kappa shape index (κ1) is 15.6. The van der Waals surface area contributed by atoms with Gasteiger partial charge in [-0.15, -0.1) is 0 Å². The topological polar surface area (TPSA) is 87.0 Å². The molecule has 7 heteroatoms. The van der Waals surface area contributed by atoms with Crippen LogP contribution in [0.3, 0.4) is 0 Å². The highest BCUT2D eigenvalue weighted by molar-refractivity contribution is 7.89. The van der Waals surface area contributed by atoms with Crippen molar-refractivity contribution in [2.45, 2.75) is 31.2 Å². The largest absolute Gasteiger partial charge is 0.298 e. The lowest BCUT2D eigenvalue weighted by Crippen LogP contribution is -2.38. The summed E-state index contributed by atoms with van der Waals surface area (Å²) in [7, 11) is -3.88. The molecule has 0 amide bonds. The van der Waals surface area contributed by atoms with Crippen LogP contribution < -0.4 is 4.72 Å². The number of nitrogens with one attached hydrogen (secondary N) is 1. The SMILES string of the molecule is CCC(=O)C(C)NS(=O)(=O)c1ccc(C#N)cc1Cl. The summed E-state index contributed by atoms with van der Waals surface area (Å²) >= 11 is 5.83. The number of sulfonamides is 1.